The third-order valence-electron chi connectivity index (χ3n) is 4.51. The Morgan fingerprint density at radius 3 is 2.70 bits per heavy atom. The number of ether oxygens (including phenoxy) is 1. The number of esters is 1. The molecule has 3 atom stereocenters. The van der Waals surface area contributed by atoms with Crippen molar-refractivity contribution in [3.8, 4) is 0 Å². The molecule has 0 aromatic heterocycles. The normalized spacial score (nSPS) is 33.3. The Morgan fingerprint density at radius 2 is 2.00 bits per heavy atom. The van der Waals surface area contributed by atoms with Crippen LogP contribution in [0.25, 0.3) is 0 Å². The molecule has 0 aromatic carbocycles. The van der Waals surface area contributed by atoms with Crippen molar-refractivity contribution >= 4 is 11.8 Å². The minimum atomic E-state index is -0.849. The largest absolute Gasteiger partial charge is 0.460 e. The van der Waals surface area contributed by atoms with Crippen molar-refractivity contribution in [1.29, 1.82) is 0 Å². The van der Waals surface area contributed by atoms with Crippen LogP contribution in [0, 0.1) is 11.8 Å². The zero-order valence-corrected chi connectivity index (χ0v) is 14.6. The second kappa shape index (κ2) is 7.37. The van der Waals surface area contributed by atoms with Gasteiger partial charge in [-0.25, -0.2) is 4.79 Å². The lowest BCUT2D eigenvalue weighted by atomic mass is 9.88. The molecule has 1 aliphatic carbocycles. The van der Waals surface area contributed by atoms with Crippen molar-refractivity contribution in [1.82, 2.24) is 0 Å². The number of Topliss-reactive ketones (excluding diaryl/α,β-unsaturated/α-hetero) is 1. The van der Waals surface area contributed by atoms with Crippen molar-refractivity contribution < 1.29 is 14.3 Å². The fourth-order valence-corrected chi connectivity index (χ4v) is 3.01. The summed E-state index contributed by atoms with van der Waals surface area (Å²) in [5.41, 5.74) is -0.401. The zero-order valence-electron chi connectivity index (χ0n) is 14.6. The van der Waals surface area contributed by atoms with Crippen LogP contribution >= 0.6 is 0 Å². The molecule has 1 heterocycles. The summed E-state index contributed by atoms with van der Waals surface area (Å²) >= 11 is 0. The molecule has 0 N–H and O–H groups in total. The lowest BCUT2D eigenvalue weighted by Gasteiger charge is -2.32. The second-order valence-electron chi connectivity index (χ2n) is 7.56. The van der Waals surface area contributed by atoms with E-state index in [0.29, 0.717) is 12.8 Å². The third-order valence-corrected chi connectivity index (χ3v) is 4.51. The topological polar surface area (TPSA) is 68.1 Å². The highest BCUT2D eigenvalue weighted by Crippen LogP contribution is 2.29. The van der Waals surface area contributed by atoms with Gasteiger partial charge in [-0.15, -0.1) is 0 Å². The first-order chi connectivity index (χ1) is 10.8. The molecule has 0 fully saturated rings. The number of nitrogens with zero attached hydrogens (tertiary/aromatic N) is 2. The molecule has 2 rings (SSSR count). The molecule has 0 bridgehead atoms. The van der Waals surface area contributed by atoms with Crippen molar-refractivity contribution in [3.05, 3.63) is 12.2 Å². The molecule has 0 saturated heterocycles. The molecule has 23 heavy (non-hydrogen) atoms. The van der Waals surface area contributed by atoms with Gasteiger partial charge in [0.1, 0.15) is 11.9 Å². The Morgan fingerprint density at radius 1 is 1.26 bits per heavy atom. The van der Waals surface area contributed by atoms with Crippen LogP contribution in [0.3, 0.4) is 0 Å². The van der Waals surface area contributed by atoms with Crippen LogP contribution in [0.15, 0.2) is 22.4 Å². The summed E-state index contributed by atoms with van der Waals surface area (Å²) in [7, 11) is 0. The molecule has 0 saturated carbocycles. The average molecular weight is 320 g/mol. The van der Waals surface area contributed by atoms with E-state index in [0.717, 1.165) is 19.3 Å². The maximum Gasteiger partial charge on any atom is 0.334 e. The number of hydrogen-bond donors (Lipinski definition) is 0. The fraction of sp³-hybridized carbons (Fsp3) is 0.778. The Balaban J connectivity index is 2.31. The zero-order chi connectivity index (χ0) is 17.0. The molecular weight excluding hydrogens is 292 g/mol. The smallest absolute Gasteiger partial charge is 0.334 e. The van der Waals surface area contributed by atoms with Gasteiger partial charge >= 0.3 is 5.97 Å². The number of carbonyl (C=O) groups excluding carboxylic acids is 2. The van der Waals surface area contributed by atoms with Crippen LogP contribution in [-0.4, -0.2) is 29.4 Å². The summed E-state index contributed by atoms with van der Waals surface area (Å²) in [5, 5.41) is 8.62. The molecule has 128 valence electrons. The molecular formula is C18H28N2O3. The maximum atomic E-state index is 12.6. The maximum absolute atomic E-state index is 12.6. The Labute approximate surface area is 138 Å². The first-order valence-electron chi connectivity index (χ1n) is 8.62. The molecule has 0 amide bonds. The average Bonchev–Trinajstić information content (AvgIpc) is 2.43. The van der Waals surface area contributed by atoms with Gasteiger partial charge in [-0.05, 0) is 39.0 Å². The molecule has 0 radical (unpaired) electrons. The molecule has 5 heteroatoms. The minimum absolute atomic E-state index is 0.0568. The van der Waals surface area contributed by atoms with E-state index in [2.05, 4.69) is 10.2 Å². The van der Waals surface area contributed by atoms with Gasteiger partial charge in [-0.1, -0.05) is 26.0 Å². The Hall–Kier alpha value is -1.52. The minimum Gasteiger partial charge on any atom is -0.460 e. The van der Waals surface area contributed by atoms with Crippen molar-refractivity contribution in [2.24, 2.45) is 22.1 Å². The molecule has 2 aliphatic rings. The van der Waals surface area contributed by atoms with Gasteiger partial charge in [0.25, 0.3) is 0 Å². The summed E-state index contributed by atoms with van der Waals surface area (Å²) in [5.74, 6) is -0.711. The Kier molecular flexibility index (Phi) is 5.71. The second-order valence-corrected chi connectivity index (χ2v) is 7.56. The number of azo groups is 1. The summed E-state index contributed by atoms with van der Waals surface area (Å²) in [6.07, 6.45) is 7.54. The van der Waals surface area contributed by atoms with E-state index in [1.54, 1.807) is 0 Å². The van der Waals surface area contributed by atoms with Gasteiger partial charge in [0.05, 0.1) is 11.5 Å². The lowest BCUT2D eigenvalue weighted by Crippen LogP contribution is -2.41. The number of hydrogen-bond acceptors (Lipinski definition) is 5. The number of carbonyl (C=O) groups is 2. The molecule has 1 aliphatic heterocycles. The summed E-state index contributed by atoms with van der Waals surface area (Å²) in [6, 6.07) is -0.849. The lowest BCUT2D eigenvalue weighted by molar-refractivity contribution is -0.157. The Bertz CT molecular complexity index is 508. The highest BCUT2D eigenvalue weighted by molar-refractivity contribution is 5.90. The number of ketones is 1. The van der Waals surface area contributed by atoms with E-state index >= 15 is 0 Å². The summed E-state index contributed by atoms with van der Waals surface area (Å²) < 4.78 is 5.70. The predicted octanol–water partition coefficient (Wildman–Crippen LogP) is 3.87. The highest BCUT2D eigenvalue weighted by Gasteiger charge is 2.39. The van der Waals surface area contributed by atoms with E-state index in [1.165, 1.54) is 0 Å². The SMILES string of the molecule is CC(C)C1CC(C)(C)N=NC(C2/C=C\CCCCC2=O)C(=O)O1. The van der Waals surface area contributed by atoms with Crippen molar-refractivity contribution in [3.63, 3.8) is 0 Å². The standard InChI is InChI=1S/C18H28N2O3/c1-12(2)15-11-18(3,4)20-19-16(17(22)23-15)13-9-7-5-6-8-10-14(13)21/h7,9,12-13,15-16H,5-6,8,10-11H2,1-4H3/b9-7-,20-19?. The van der Waals surface area contributed by atoms with Gasteiger partial charge in [-0.2, -0.15) is 10.2 Å². The molecule has 5 nitrogen and oxygen atoms in total. The van der Waals surface area contributed by atoms with Gasteiger partial charge in [0.2, 0.25) is 0 Å². The summed E-state index contributed by atoms with van der Waals surface area (Å²) in [4.78, 5) is 25.0. The summed E-state index contributed by atoms with van der Waals surface area (Å²) in [6.45, 7) is 8.03. The highest BCUT2D eigenvalue weighted by atomic mass is 16.5. The van der Waals surface area contributed by atoms with Crippen LogP contribution in [0.5, 0.6) is 0 Å². The molecule has 0 spiro atoms. The third kappa shape index (κ3) is 4.72. The van der Waals surface area contributed by atoms with E-state index in [-0.39, 0.29) is 17.8 Å². The number of cyclic esters (lactones) is 1. The first kappa shape index (κ1) is 17.8. The van der Waals surface area contributed by atoms with Crippen LogP contribution < -0.4 is 0 Å². The van der Waals surface area contributed by atoms with Gasteiger partial charge in [0, 0.05) is 12.8 Å². The van der Waals surface area contributed by atoms with Crippen molar-refractivity contribution in [2.45, 2.75) is 77.5 Å². The fourth-order valence-electron chi connectivity index (χ4n) is 3.01. The monoisotopic (exact) mass is 320 g/mol. The van der Waals surface area contributed by atoms with Crippen LogP contribution in [-0.2, 0) is 14.3 Å². The van der Waals surface area contributed by atoms with E-state index < -0.39 is 23.5 Å². The van der Waals surface area contributed by atoms with Crippen LogP contribution in [0.2, 0.25) is 0 Å². The molecule has 0 aromatic rings. The van der Waals surface area contributed by atoms with E-state index in [9.17, 15) is 9.59 Å². The van der Waals surface area contributed by atoms with Crippen LogP contribution in [0.4, 0.5) is 0 Å². The van der Waals surface area contributed by atoms with Gasteiger partial charge in [-0.3, -0.25) is 4.79 Å². The van der Waals surface area contributed by atoms with Crippen molar-refractivity contribution in [2.75, 3.05) is 0 Å². The quantitative estimate of drug-likeness (QED) is 0.573. The predicted molar refractivity (Wildman–Crippen MR) is 88.2 cm³/mol. The number of allylic oxidation sites excluding steroid dienone is 1. The first-order valence-corrected chi connectivity index (χ1v) is 8.62. The van der Waals surface area contributed by atoms with Gasteiger partial charge in [0.15, 0.2) is 6.04 Å². The molecule has 3 unspecified atom stereocenters. The van der Waals surface area contributed by atoms with Gasteiger partial charge < -0.3 is 4.74 Å². The van der Waals surface area contributed by atoms with E-state index in [4.69, 9.17) is 4.74 Å². The van der Waals surface area contributed by atoms with E-state index in [1.807, 2.05) is 39.8 Å². The van der Waals surface area contributed by atoms with Crippen LogP contribution in [0.1, 0.15) is 59.8 Å². The number of rotatable bonds is 2.